The van der Waals surface area contributed by atoms with E-state index < -0.39 is 17.6 Å². The first-order valence-corrected chi connectivity index (χ1v) is 9.26. The van der Waals surface area contributed by atoms with Crippen LogP contribution in [0.2, 0.25) is 5.02 Å². The second-order valence-corrected chi connectivity index (χ2v) is 6.55. The van der Waals surface area contributed by atoms with Crippen LogP contribution < -0.4 is 15.4 Å². The molecule has 5 nitrogen and oxygen atoms in total. The average molecular weight is 429 g/mol. The SMILES string of the molecule is CCCOc1ccc(C(F)(F)F)cc1NC(=O)CCNC(=O)c1ccc(Cl)cc1. The van der Waals surface area contributed by atoms with E-state index in [0.717, 1.165) is 12.1 Å². The number of hydrogen-bond donors (Lipinski definition) is 2. The minimum Gasteiger partial charge on any atom is -0.491 e. The van der Waals surface area contributed by atoms with Crippen molar-refractivity contribution < 1.29 is 27.5 Å². The lowest BCUT2D eigenvalue weighted by Gasteiger charge is -2.15. The van der Waals surface area contributed by atoms with E-state index in [2.05, 4.69) is 10.6 Å². The molecule has 2 amide bonds. The van der Waals surface area contributed by atoms with Crippen molar-refractivity contribution in [3.05, 3.63) is 58.6 Å². The van der Waals surface area contributed by atoms with Gasteiger partial charge in [0.05, 0.1) is 17.9 Å². The van der Waals surface area contributed by atoms with Crippen LogP contribution in [-0.2, 0) is 11.0 Å². The van der Waals surface area contributed by atoms with E-state index in [1.54, 1.807) is 12.1 Å². The number of nitrogens with one attached hydrogen (secondary N) is 2. The van der Waals surface area contributed by atoms with Gasteiger partial charge in [0.2, 0.25) is 5.91 Å². The lowest BCUT2D eigenvalue weighted by atomic mass is 10.1. The van der Waals surface area contributed by atoms with Gasteiger partial charge in [-0.1, -0.05) is 18.5 Å². The van der Waals surface area contributed by atoms with Crippen molar-refractivity contribution in [2.24, 2.45) is 0 Å². The van der Waals surface area contributed by atoms with E-state index in [9.17, 15) is 22.8 Å². The molecule has 0 radical (unpaired) electrons. The number of carbonyl (C=O) groups is 2. The normalized spacial score (nSPS) is 11.1. The lowest BCUT2D eigenvalue weighted by Crippen LogP contribution is -2.27. The summed E-state index contributed by atoms with van der Waals surface area (Å²) in [6, 6.07) is 9.11. The second-order valence-electron chi connectivity index (χ2n) is 6.12. The lowest BCUT2D eigenvalue weighted by molar-refractivity contribution is -0.137. The van der Waals surface area contributed by atoms with Gasteiger partial charge in [0.1, 0.15) is 5.75 Å². The van der Waals surface area contributed by atoms with Crippen molar-refractivity contribution in [3.8, 4) is 5.75 Å². The zero-order chi connectivity index (χ0) is 21.4. The fourth-order valence-electron chi connectivity index (χ4n) is 2.35. The standard InChI is InChI=1S/C20H20ClF3N2O3/c1-2-11-29-17-8-5-14(20(22,23)24)12-16(17)26-18(27)9-10-25-19(28)13-3-6-15(21)7-4-13/h3-8,12H,2,9-11H2,1H3,(H,25,28)(H,26,27). The molecule has 29 heavy (non-hydrogen) atoms. The van der Waals surface area contributed by atoms with Crippen LogP contribution in [0.5, 0.6) is 5.75 Å². The number of amides is 2. The Labute approximate surface area is 171 Å². The van der Waals surface area contributed by atoms with Crippen LogP contribution in [0.15, 0.2) is 42.5 Å². The van der Waals surface area contributed by atoms with Crippen LogP contribution in [0.1, 0.15) is 35.7 Å². The van der Waals surface area contributed by atoms with Gasteiger partial charge in [-0.2, -0.15) is 13.2 Å². The van der Waals surface area contributed by atoms with Gasteiger partial charge in [-0.05, 0) is 48.9 Å². The molecule has 0 aliphatic rings. The first-order chi connectivity index (χ1) is 13.7. The predicted octanol–water partition coefficient (Wildman–Crippen LogP) is 4.91. The van der Waals surface area contributed by atoms with Crippen molar-refractivity contribution in [1.82, 2.24) is 5.32 Å². The molecule has 0 atom stereocenters. The molecule has 0 unspecified atom stereocenters. The second kappa shape index (κ2) is 10.2. The molecule has 0 heterocycles. The van der Waals surface area contributed by atoms with E-state index in [-0.39, 0.29) is 30.3 Å². The summed E-state index contributed by atoms with van der Waals surface area (Å²) in [7, 11) is 0. The Kier molecular flexibility index (Phi) is 7.90. The van der Waals surface area contributed by atoms with Crippen molar-refractivity contribution in [2.45, 2.75) is 25.9 Å². The third kappa shape index (κ3) is 6.98. The number of ether oxygens (including phenoxy) is 1. The van der Waals surface area contributed by atoms with Gasteiger partial charge in [0, 0.05) is 23.6 Å². The summed E-state index contributed by atoms with van der Waals surface area (Å²) >= 11 is 5.76. The Morgan fingerprint density at radius 2 is 1.79 bits per heavy atom. The number of halogens is 4. The quantitative estimate of drug-likeness (QED) is 0.628. The fraction of sp³-hybridized carbons (Fsp3) is 0.300. The molecule has 156 valence electrons. The molecule has 0 aliphatic heterocycles. The number of rotatable bonds is 8. The largest absolute Gasteiger partial charge is 0.491 e. The maximum Gasteiger partial charge on any atom is 0.416 e. The third-order valence-corrected chi connectivity index (χ3v) is 4.04. The molecule has 0 saturated heterocycles. The van der Waals surface area contributed by atoms with Crippen molar-refractivity contribution >= 4 is 29.1 Å². The molecule has 2 N–H and O–H groups in total. The molecule has 2 aromatic rings. The Hall–Kier alpha value is -2.74. The first kappa shape index (κ1) is 22.5. The highest BCUT2D eigenvalue weighted by atomic mass is 35.5. The Morgan fingerprint density at radius 3 is 2.41 bits per heavy atom. The van der Waals surface area contributed by atoms with Crippen LogP contribution >= 0.6 is 11.6 Å². The number of benzene rings is 2. The minimum atomic E-state index is -4.55. The summed E-state index contributed by atoms with van der Waals surface area (Å²) in [5.41, 5.74) is -0.585. The van der Waals surface area contributed by atoms with Crippen LogP contribution in [0.25, 0.3) is 0 Å². The van der Waals surface area contributed by atoms with Crippen molar-refractivity contribution in [3.63, 3.8) is 0 Å². The molecule has 0 aromatic heterocycles. The highest BCUT2D eigenvalue weighted by Gasteiger charge is 2.31. The molecule has 9 heteroatoms. The summed E-state index contributed by atoms with van der Waals surface area (Å²) in [4.78, 5) is 24.1. The number of hydrogen-bond acceptors (Lipinski definition) is 3. The van der Waals surface area contributed by atoms with Gasteiger partial charge in [0.25, 0.3) is 5.91 Å². The van der Waals surface area contributed by atoms with E-state index in [0.29, 0.717) is 23.6 Å². The van der Waals surface area contributed by atoms with Crippen molar-refractivity contribution in [2.75, 3.05) is 18.5 Å². The summed E-state index contributed by atoms with van der Waals surface area (Å²) in [6.45, 7) is 2.16. The van der Waals surface area contributed by atoms with Gasteiger partial charge in [-0.3, -0.25) is 9.59 Å². The van der Waals surface area contributed by atoms with Crippen LogP contribution in [0.3, 0.4) is 0 Å². The fourth-order valence-corrected chi connectivity index (χ4v) is 2.47. The molecule has 0 fully saturated rings. The smallest absolute Gasteiger partial charge is 0.416 e. The monoisotopic (exact) mass is 428 g/mol. The Morgan fingerprint density at radius 1 is 1.10 bits per heavy atom. The highest BCUT2D eigenvalue weighted by Crippen LogP contribution is 2.35. The first-order valence-electron chi connectivity index (χ1n) is 8.88. The van der Waals surface area contributed by atoms with E-state index >= 15 is 0 Å². The highest BCUT2D eigenvalue weighted by molar-refractivity contribution is 6.30. The van der Waals surface area contributed by atoms with E-state index in [1.165, 1.54) is 18.2 Å². The van der Waals surface area contributed by atoms with Crippen LogP contribution in [0.4, 0.5) is 18.9 Å². The maximum atomic E-state index is 13.0. The van der Waals surface area contributed by atoms with Gasteiger partial charge >= 0.3 is 6.18 Å². The zero-order valence-corrected chi connectivity index (χ0v) is 16.4. The summed E-state index contributed by atoms with van der Waals surface area (Å²) in [6.07, 6.45) is -4.01. The summed E-state index contributed by atoms with van der Waals surface area (Å²) < 4.78 is 44.3. The van der Waals surface area contributed by atoms with Gasteiger partial charge in [0.15, 0.2) is 0 Å². The number of carbonyl (C=O) groups excluding carboxylic acids is 2. The molecule has 0 bridgehead atoms. The van der Waals surface area contributed by atoms with Gasteiger partial charge in [-0.15, -0.1) is 0 Å². The number of anilines is 1. The Bertz CT molecular complexity index is 855. The summed E-state index contributed by atoms with van der Waals surface area (Å²) in [5, 5.41) is 5.47. The summed E-state index contributed by atoms with van der Waals surface area (Å²) in [5.74, 6) is -0.791. The van der Waals surface area contributed by atoms with E-state index in [1.807, 2.05) is 6.92 Å². The number of alkyl halides is 3. The topological polar surface area (TPSA) is 67.4 Å². The molecule has 2 aromatic carbocycles. The minimum absolute atomic E-state index is 0.0113. The maximum absolute atomic E-state index is 13.0. The molecule has 2 rings (SSSR count). The van der Waals surface area contributed by atoms with Crippen LogP contribution in [0, 0.1) is 0 Å². The molecule has 0 saturated carbocycles. The molecular weight excluding hydrogens is 409 g/mol. The molecular formula is C20H20ClF3N2O3. The van der Waals surface area contributed by atoms with Gasteiger partial charge < -0.3 is 15.4 Å². The predicted molar refractivity (Wildman–Crippen MR) is 104 cm³/mol. The molecule has 0 spiro atoms. The average Bonchev–Trinajstić information content (AvgIpc) is 2.66. The van der Waals surface area contributed by atoms with E-state index in [4.69, 9.17) is 16.3 Å². The third-order valence-electron chi connectivity index (χ3n) is 3.79. The van der Waals surface area contributed by atoms with Crippen molar-refractivity contribution in [1.29, 1.82) is 0 Å². The Balaban J connectivity index is 1.97. The van der Waals surface area contributed by atoms with Gasteiger partial charge in [-0.25, -0.2) is 0 Å². The zero-order valence-electron chi connectivity index (χ0n) is 15.6. The molecule has 0 aliphatic carbocycles. The van der Waals surface area contributed by atoms with Crippen LogP contribution in [-0.4, -0.2) is 25.0 Å².